The Morgan fingerprint density at radius 1 is 1.26 bits per heavy atom. The van der Waals surface area contributed by atoms with Crippen LogP contribution in [0.15, 0.2) is 22.7 Å². The molecule has 100 valence electrons. The van der Waals surface area contributed by atoms with E-state index in [0.717, 1.165) is 25.1 Å². The van der Waals surface area contributed by atoms with E-state index < -0.39 is 0 Å². The summed E-state index contributed by atoms with van der Waals surface area (Å²) in [6, 6.07) is 5.23. The third kappa shape index (κ3) is 2.48. The smallest absolute Gasteiger partial charge is 0.234 e. The maximum Gasteiger partial charge on any atom is 0.234 e. The van der Waals surface area contributed by atoms with Gasteiger partial charge in [-0.1, -0.05) is 28.4 Å². The first-order chi connectivity index (χ1) is 9.07. The van der Waals surface area contributed by atoms with Gasteiger partial charge in [0.05, 0.1) is 5.41 Å². The third-order valence-corrected chi connectivity index (χ3v) is 3.87. The van der Waals surface area contributed by atoms with Crippen molar-refractivity contribution in [2.24, 2.45) is 0 Å². The molecular formula is C13H13Cl2N3O. The van der Waals surface area contributed by atoms with E-state index in [2.05, 4.69) is 22.4 Å². The van der Waals surface area contributed by atoms with Gasteiger partial charge in [0.15, 0.2) is 0 Å². The van der Waals surface area contributed by atoms with Crippen molar-refractivity contribution in [1.29, 1.82) is 0 Å². The zero-order valence-corrected chi connectivity index (χ0v) is 11.9. The molecule has 1 N–H and O–H groups in total. The second kappa shape index (κ2) is 4.78. The molecule has 1 aromatic carbocycles. The molecule has 0 spiro atoms. The molecule has 1 saturated heterocycles. The van der Waals surface area contributed by atoms with Crippen molar-refractivity contribution in [3.63, 3.8) is 0 Å². The highest BCUT2D eigenvalue weighted by atomic mass is 35.5. The van der Waals surface area contributed by atoms with Crippen molar-refractivity contribution >= 4 is 23.2 Å². The zero-order chi connectivity index (χ0) is 13.5. The lowest BCUT2D eigenvalue weighted by molar-refractivity contribution is 0.306. The summed E-state index contributed by atoms with van der Waals surface area (Å²) in [5, 5.41) is 8.45. The molecule has 1 unspecified atom stereocenters. The number of nitrogens with zero attached hydrogens (tertiary/aromatic N) is 2. The highest BCUT2D eigenvalue weighted by Gasteiger charge is 2.36. The van der Waals surface area contributed by atoms with Crippen LogP contribution in [0, 0.1) is 0 Å². The average molecular weight is 298 g/mol. The predicted molar refractivity (Wildman–Crippen MR) is 74.6 cm³/mol. The van der Waals surface area contributed by atoms with Crippen LogP contribution < -0.4 is 5.32 Å². The van der Waals surface area contributed by atoms with Crippen molar-refractivity contribution < 1.29 is 4.52 Å². The largest absolute Gasteiger partial charge is 0.338 e. The summed E-state index contributed by atoms with van der Waals surface area (Å²) in [5.41, 5.74) is 0.676. The summed E-state index contributed by atoms with van der Waals surface area (Å²) in [7, 11) is 0. The van der Waals surface area contributed by atoms with E-state index in [1.807, 2.05) is 0 Å². The summed E-state index contributed by atoms with van der Waals surface area (Å²) in [6.45, 7) is 3.94. The van der Waals surface area contributed by atoms with Crippen LogP contribution in [-0.2, 0) is 5.41 Å². The molecule has 1 atom stereocenters. The molecule has 0 radical (unpaired) electrons. The minimum atomic E-state index is -0.0897. The van der Waals surface area contributed by atoms with Crippen LogP contribution in [0.2, 0.25) is 10.0 Å². The van der Waals surface area contributed by atoms with Gasteiger partial charge in [-0.05, 0) is 38.1 Å². The Labute approximate surface area is 121 Å². The van der Waals surface area contributed by atoms with Gasteiger partial charge in [0, 0.05) is 22.2 Å². The fourth-order valence-corrected chi connectivity index (χ4v) is 2.79. The number of rotatable bonds is 2. The zero-order valence-electron chi connectivity index (χ0n) is 10.4. The molecule has 3 rings (SSSR count). The van der Waals surface area contributed by atoms with Gasteiger partial charge in [0.25, 0.3) is 0 Å². The number of benzene rings is 1. The normalized spacial score (nSPS) is 22.9. The standard InChI is InChI=1S/C13H13Cl2N3O/c1-13(2-3-16-7-13)12-17-11(18-19-12)8-4-9(14)6-10(15)5-8/h4-6,16H,2-3,7H2,1H3. The van der Waals surface area contributed by atoms with Crippen LogP contribution in [0.5, 0.6) is 0 Å². The molecule has 0 aliphatic carbocycles. The molecule has 0 amide bonds. The summed E-state index contributed by atoms with van der Waals surface area (Å²) in [6.07, 6.45) is 0.991. The van der Waals surface area contributed by atoms with Crippen molar-refractivity contribution in [3.8, 4) is 11.4 Å². The highest BCUT2D eigenvalue weighted by Crippen LogP contribution is 2.31. The molecule has 1 aromatic heterocycles. The molecule has 2 heterocycles. The fraction of sp³-hybridized carbons (Fsp3) is 0.385. The summed E-state index contributed by atoms with van der Waals surface area (Å²) in [4.78, 5) is 4.48. The second-order valence-corrected chi connectivity index (χ2v) is 5.94. The SMILES string of the molecule is CC1(c2nc(-c3cc(Cl)cc(Cl)c3)no2)CCNC1. The highest BCUT2D eigenvalue weighted by molar-refractivity contribution is 6.35. The van der Waals surface area contributed by atoms with Crippen LogP contribution in [0.1, 0.15) is 19.2 Å². The van der Waals surface area contributed by atoms with Crippen LogP contribution in [0.4, 0.5) is 0 Å². The number of halogens is 2. The van der Waals surface area contributed by atoms with Gasteiger partial charge in [-0.15, -0.1) is 0 Å². The quantitative estimate of drug-likeness (QED) is 0.924. The average Bonchev–Trinajstić information content (AvgIpc) is 2.96. The molecule has 0 saturated carbocycles. The van der Waals surface area contributed by atoms with Crippen LogP contribution >= 0.6 is 23.2 Å². The van der Waals surface area contributed by atoms with Gasteiger partial charge in [-0.2, -0.15) is 4.98 Å². The first kappa shape index (κ1) is 12.9. The molecule has 1 fully saturated rings. The molecule has 1 aliphatic rings. The fourth-order valence-electron chi connectivity index (χ4n) is 2.27. The lowest BCUT2D eigenvalue weighted by atomic mass is 9.90. The molecule has 0 bridgehead atoms. The Hall–Kier alpha value is -1.10. The van der Waals surface area contributed by atoms with Crippen molar-refractivity contribution in [2.45, 2.75) is 18.8 Å². The Bertz CT molecular complexity index is 585. The van der Waals surface area contributed by atoms with E-state index in [9.17, 15) is 0 Å². The summed E-state index contributed by atoms with van der Waals surface area (Å²) in [5.74, 6) is 1.18. The van der Waals surface area contributed by atoms with E-state index in [1.54, 1.807) is 18.2 Å². The van der Waals surface area contributed by atoms with E-state index >= 15 is 0 Å². The van der Waals surface area contributed by atoms with Crippen molar-refractivity contribution in [3.05, 3.63) is 34.1 Å². The summed E-state index contributed by atoms with van der Waals surface area (Å²) < 4.78 is 5.40. The van der Waals surface area contributed by atoms with Crippen molar-refractivity contribution in [1.82, 2.24) is 15.5 Å². The number of hydrogen-bond donors (Lipinski definition) is 1. The van der Waals surface area contributed by atoms with Gasteiger partial charge in [0.2, 0.25) is 11.7 Å². The first-order valence-corrected chi connectivity index (χ1v) is 6.84. The molecule has 19 heavy (non-hydrogen) atoms. The van der Waals surface area contributed by atoms with Crippen LogP contribution in [-0.4, -0.2) is 23.2 Å². The van der Waals surface area contributed by atoms with E-state index in [4.69, 9.17) is 27.7 Å². The Kier molecular flexibility index (Phi) is 3.25. The minimum Gasteiger partial charge on any atom is -0.338 e. The summed E-state index contributed by atoms with van der Waals surface area (Å²) >= 11 is 12.0. The lowest BCUT2D eigenvalue weighted by Gasteiger charge is -2.15. The first-order valence-electron chi connectivity index (χ1n) is 6.08. The van der Waals surface area contributed by atoms with E-state index in [-0.39, 0.29) is 5.41 Å². The Morgan fingerprint density at radius 2 is 2.00 bits per heavy atom. The lowest BCUT2D eigenvalue weighted by Crippen LogP contribution is -2.25. The Morgan fingerprint density at radius 3 is 2.63 bits per heavy atom. The Balaban J connectivity index is 1.96. The molecule has 1 aliphatic heterocycles. The molecular weight excluding hydrogens is 285 g/mol. The third-order valence-electron chi connectivity index (χ3n) is 3.43. The topological polar surface area (TPSA) is 51.0 Å². The predicted octanol–water partition coefficient (Wildman–Crippen LogP) is 3.29. The van der Waals surface area contributed by atoms with Crippen LogP contribution in [0.3, 0.4) is 0 Å². The van der Waals surface area contributed by atoms with E-state index in [0.29, 0.717) is 21.8 Å². The van der Waals surface area contributed by atoms with Gasteiger partial charge < -0.3 is 9.84 Å². The molecule has 6 heteroatoms. The number of nitrogens with one attached hydrogen (secondary N) is 1. The number of hydrogen-bond acceptors (Lipinski definition) is 4. The van der Waals surface area contributed by atoms with Gasteiger partial charge in [-0.3, -0.25) is 0 Å². The maximum absolute atomic E-state index is 5.98. The van der Waals surface area contributed by atoms with Crippen LogP contribution in [0.25, 0.3) is 11.4 Å². The van der Waals surface area contributed by atoms with E-state index in [1.165, 1.54) is 0 Å². The molecule has 4 nitrogen and oxygen atoms in total. The second-order valence-electron chi connectivity index (χ2n) is 5.07. The van der Waals surface area contributed by atoms with Crippen molar-refractivity contribution in [2.75, 3.05) is 13.1 Å². The minimum absolute atomic E-state index is 0.0897. The monoisotopic (exact) mass is 297 g/mol. The van der Waals surface area contributed by atoms with Gasteiger partial charge in [-0.25, -0.2) is 0 Å². The molecule has 2 aromatic rings. The van der Waals surface area contributed by atoms with Gasteiger partial charge >= 0.3 is 0 Å². The number of aromatic nitrogens is 2. The maximum atomic E-state index is 5.98. The van der Waals surface area contributed by atoms with Gasteiger partial charge in [0.1, 0.15) is 0 Å².